The van der Waals surface area contributed by atoms with Crippen molar-refractivity contribution in [1.29, 1.82) is 0 Å². The number of hydrogen-bond donors (Lipinski definition) is 0. The van der Waals surface area contributed by atoms with Crippen LogP contribution in [0.4, 0.5) is 0 Å². The van der Waals surface area contributed by atoms with Crippen molar-refractivity contribution >= 4 is 16.7 Å². The third-order valence-electron chi connectivity index (χ3n) is 4.38. The molecule has 0 bridgehead atoms. The first-order valence-corrected chi connectivity index (χ1v) is 7.79. The first-order valence-electron chi connectivity index (χ1n) is 7.79. The van der Waals surface area contributed by atoms with E-state index in [4.69, 9.17) is 9.40 Å². The monoisotopic (exact) mass is 291 g/mol. The molecule has 3 nitrogen and oxygen atoms in total. The molecule has 0 aliphatic heterocycles. The molecule has 1 aliphatic rings. The number of benzene rings is 1. The number of para-hydroxylation sites is 1. The molecular formula is C19H17NO2. The maximum absolute atomic E-state index is 12.8. The van der Waals surface area contributed by atoms with Gasteiger partial charge in [-0.1, -0.05) is 18.2 Å². The van der Waals surface area contributed by atoms with Crippen LogP contribution in [0.15, 0.2) is 47.1 Å². The second-order valence-corrected chi connectivity index (χ2v) is 5.79. The number of aryl methyl sites for hydroxylation is 2. The van der Waals surface area contributed by atoms with Crippen LogP contribution < -0.4 is 0 Å². The Bertz CT molecular complexity index is 834. The number of Topliss-reactive ketones (excluding diaryl/α,β-unsaturated/α-hetero) is 1. The Morgan fingerprint density at radius 2 is 2.05 bits per heavy atom. The Hall–Kier alpha value is -2.42. The van der Waals surface area contributed by atoms with Gasteiger partial charge in [-0.05, 0) is 43.0 Å². The molecule has 1 aromatic carbocycles. The SMILES string of the molecule is O=C(CCc1ccco1)c1c2c(nc3ccccc13)CCC2. The van der Waals surface area contributed by atoms with Crippen molar-refractivity contribution in [2.75, 3.05) is 0 Å². The van der Waals surface area contributed by atoms with Crippen LogP contribution in [0.3, 0.4) is 0 Å². The first kappa shape index (κ1) is 13.3. The molecule has 0 N–H and O–H groups in total. The lowest BCUT2D eigenvalue weighted by Gasteiger charge is -2.11. The summed E-state index contributed by atoms with van der Waals surface area (Å²) in [6.07, 6.45) is 5.83. The molecular weight excluding hydrogens is 274 g/mol. The summed E-state index contributed by atoms with van der Waals surface area (Å²) >= 11 is 0. The second-order valence-electron chi connectivity index (χ2n) is 5.79. The normalized spacial score (nSPS) is 13.5. The number of carbonyl (C=O) groups excluding carboxylic acids is 1. The lowest BCUT2D eigenvalue weighted by atomic mass is 9.95. The minimum atomic E-state index is 0.202. The highest BCUT2D eigenvalue weighted by Crippen LogP contribution is 2.31. The van der Waals surface area contributed by atoms with Crippen molar-refractivity contribution in [3.05, 3.63) is 65.2 Å². The van der Waals surface area contributed by atoms with Gasteiger partial charge >= 0.3 is 0 Å². The number of ketones is 1. The number of fused-ring (bicyclic) bond motifs is 2. The standard InChI is InChI=1S/C19H17NO2/c21-18(11-10-13-5-4-12-22-13)19-14-6-1-2-8-16(14)20-17-9-3-7-15(17)19/h1-2,4-6,8,12H,3,7,9-11H2. The van der Waals surface area contributed by atoms with Crippen molar-refractivity contribution < 1.29 is 9.21 Å². The number of hydrogen-bond acceptors (Lipinski definition) is 3. The van der Waals surface area contributed by atoms with Gasteiger partial charge in [-0.15, -0.1) is 0 Å². The van der Waals surface area contributed by atoms with Crippen LogP contribution in [0.1, 0.15) is 40.2 Å². The van der Waals surface area contributed by atoms with Crippen molar-refractivity contribution in [1.82, 2.24) is 4.98 Å². The minimum absolute atomic E-state index is 0.202. The Morgan fingerprint density at radius 3 is 2.91 bits per heavy atom. The lowest BCUT2D eigenvalue weighted by molar-refractivity contribution is 0.0981. The lowest BCUT2D eigenvalue weighted by Crippen LogP contribution is -2.07. The van der Waals surface area contributed by atoms with Crippen molar-refractivity contribution in [3.8, 4) is 0 Å². The smallest absolute Gasteiger partial charge is 0.164 e. The van der Waals surface area contributed by atoms with Crippen LogP contribution >= 0.6 is 0 Å². The molecule has 2 aromatic heterocycles. The second kappa shape index (κ2) is 5.41. The third-order valence-corrected chi connectivity index (χ3v) is 4.38. The zero-order valence-corrected chi connectivity index (χ0v) is 12.3. The van der Waals surface area contributed by atoms with Crippen LogP contribution in [0.25, 0.3) is 10.9 Å². The molecule has 0 saturated heterocycles. The van der Waals surface area contributed by atoms with Gasteiger partial charge in [0.25, 0.3) is 0 Å². The summed E-state index contributed by atoms with van der Waals surface area (Å²) in [5.74, 6) is 1.07. The van der Waals surface area contributed by atoms with E-state index in [0.717, 1.165) is 47.2 Å². The van der Waals surface area contributed by atoms with Crippen LogP contribution in [0.2, 0.25) is 0 Å². The number of nitrogens with zero attached hydrogens (tertiary/aromatic N) is 1. The molecule has 0 saturated carbocycles. The van der Waals surface area contributed by atoms with E-state index in [0.29, 0.717) is 12.8 Å². The van der Waals surface area contributed by atoms with Crippen LogP contribution in [-0.2, 0) is 19.3 Å². The summed E-state index contributed by atoms with van der Waals surface area (Å²) in [5.41, 5.74) is 4.11. The number of pyridine rings is 1. The predicted molar refractivity (Wildman–Crippen MR) is 85.1 cm³/mol. The highest BCUT2D eigenvalue weighted by atomic mass is 16.3. The Kier molecular flexibility index (Phi) is 3.26. The molecule has 0 fully saturated rings. The first-order chi connectivity index (χ1) is 10.8. The summed E-state index contributed by atoms with van der Waals surface area (Å²) in [5, 5.41) is 0.993. The average molecular weight is 291 g/mol. The molecule has 1 aliphatic carbocycles. The molecule has 3 aromatic rings. The van der Waals surface area contributed by atoms with Gasteiger partial charge in [0.1, 0.15) is 5.76 Å². The summed E-state index contributed by atoms with van der Waals surface area (Å²) < 4.78 is 5.34. The summed E-state index contributed by atoms with van der Waals surface area (Å²) in [4.78, 5) is 17.6. The number of aromatic nitrogens is 1. The van der Waals surface area contributed by atoms with E-state index in [-0.39, 0.29) is 5.78 Å². The maximum atomic E-state index is 12.8. The van der Waals surface area contributed by atoms with E-state index >= 15 is 0 Å². The Balaban J connectivity index is 1.75. The van der Waals surface area contributed by atoms with Gasteiger partial charge in [-0.3, -0.25) is 9.78 Å². The molecule has 0 spiro atoms. The van der Waals surface area contributed by atoms with E-state index < -0.39 is 0 Å². The van der Waals surface area contributed by atoms with E-state index in [1.807, 2.05) is 36.4 Å². The molecule has 22 heavy (non-hydrogen) atoms. The van der Waals surface area contributed by atoms with Gasteiger partial charge in [-0.2, -0.15) is 0 Å². The summed E-state index contributed by atoms with van der Waals surface area (Å²) in [7, 11) is 0. The van der Waals surface area contributed by atoms with Gasteiger partial charge < -0.3 is 4.42 Å². The largest absolute Gasteiger partial charge is 0.469 e. The Morgan fingerprint density at radius 1 is 1.14 bits per heavy atom. The van der Waals surface area contributed by atoms with Crippen molar-refractivity contribution in [3.63, 3.8) is 0 Å². The fourth-order valence-corrected chi connectivity index (χ4v) is 3.35. The molecule has 0 amide bonds. The fourth-order valence-electron chi connectivity index (χ4n) is 3.35. The summed E-state index contributed by atoms with van der Waals surface area (Å²) in [6.45, 7) is 0. The van der Waals surface area contributed by atoms with E-state index in [9.17, 15) is 4.79 Å². The van der Waals surface area contributed by atoms with E-state index in [1.165, 1.54) is 5.56 Å². The van der Waals surface area contributed by atoms with Gasteiger partial charge in [-0.25, -0.2) is 0 Å². The zero-order valence-electron chi connectivity index (χ0n) is 12.3. The highest BCUT2D eigenvalue weighted by Gasteiger charge is 2.23. The molecule has 4 rings (SSSR count). The molecule has 0 atom stereocenters. The molecule has 0 unspecified atom stereocenters. The van der Waals surface area contributed by atoms with Gasteiger partial charge in [0, 0.05) is 29.5 Å². The van der Waals surface area contributed by atoms with Crippen LogP contribution in [0, 0.1) is 0 Å². The third kappa shape index (κ3) is 2.23. The topological polar surface area (TPSA) is 43.1 Å². The number of furan rings is 1. The molecule has 3 heteroatoms. The summed E-state index contributed by atoms with van der Waals surface area (Å²) in [6, 6.07) is 11.8. The fraction of sp³-hybridized carbons (Fsp3) is 0.263. The van der Waals surface area contributed by atoms with E-state index in [1.54, 1.807) is 6.26 Å². The zero-order chi connectivity index (χ0) is 14.9. The maximum Gasteiger partial charge on any atom is 0.164 e. The van der Waals surface area contributed by atoms with Gasteiger partial charge in [0.15, 0.2) is 5.78 Å². The van der Waals surface area contributed by atoms with Crippen LogP contribution in [-0.4, -0.2) is 10.8 Å². The minimum Gasteiger partial charge on any atom is -0.469 e. The predicted octanol–water partition coefficient (Wildman–Crippen LogP) is 4.13. The Labute approximate surface area is 129 Å². The molecule has 2 heterocycles. The number of rotatable bonds is 4. The van der Waals surface area contributed by atoms with Crippen molar-refractivity contribution in [2.45, 2.75) is 32.1 Å². The molecule has 0 radical (unpaired) electrons. The quantitative estimate of drug-likeness (QED) is 0.679. The average Bonchev–Trinajstić information content (AvgIpc) is 3.21. The highest BCUT2D eigenvalue weighted by molar-refractivity contribution is 6.09. The number of carbonyl (C=O) groups is 1. The van der Waals surface area contributed by atoms with Gasteiger partial charge in [0.05, 0.1) is 11.8 Å². The van der Waals surface area contributed by atoms with Crippen molar-refractivity contribution in [2.24, 2.45) is 0 Å². The van der Waals surface area contributed by atoms with Gasteiger partial charge in [0.2, 0.25) is 0 Å². The molecule has 110 valence electrons. The van der Waals surface area contributed by atoms with Crippen LogP contribution in [0.5, 0.6) is 0 Å². The van der Waals surface area contributed by atoms with E-state index in [2.05, 4.69) is 0 Å².